The predicted molar refractivity (Wildman–Crippen MR) is 115 cm³/mol. The van der Waals surface area contributed by atoms with E-state index in [1.54, 1.807) is 31.3 Å². The predicted octanol–water partition coefficient (Wildman–Crippen LogP) is 1.38. The van der Waals surface area contributed by atoms with E-state index in [9.17, 15) is 14.0 Å². The fourth-order valence-corrected chi connectivity index (χ4v) is 3.71. The highest BCUT2D eigenvalue weighted by Crippen LogP contribution is 2.28. The molecule has 3 aromatic rings. The highest BCUT2D eigenvalue weighted by molar-refractivity contribution is 5.90. The first-order chi connectivity index (χ1) is 14.9. The lowest BCUT2D eigenvalue weighted by Crippen LogP contribution is -2.48. The van der Waals surface area contributed by atoms with Crippen LogP contribution in [0.15, 0.2) is 40.1 Å². The number of methoxy groups -OCH3 is 1. The van der Waals surface area contributed by atoms with E-state index < -0.39 is 11.9 Å². The van der Waals surface area contributed by atoms with Crippen LogP contribution in [-0.4, -0.2) is 47.9 Å². The fourth-order valence-electron chi connectivity index (χ4n) is 3.71. The van der Waals surface area contributed by atoms with Crippen LogP contribution in [-0.2, 0) is 11.8 Å². The third-order valence-electron chi connectivity index (χ3n) is 5.39. The van der Waals surface area contributed by atoms with Gasteiger partial charge in [-0.15, -0.1) is 0 Å². The van der Waals surface area contributed by atoms with Crippen LogP contribution in [0.5, 0.6) is 5.75 Å². The van der Waals surface area contributed by atoms with Gasteiger partial charge in [0.15, 0.2) is 17.4 Å². The Kier molecular flexibility index (Phi) is 5.64. The number of benzene rings is 1. The van der Waals surface area contributed by atoms with E-state index in [0.717, 1.165) is 4.68 Å². The van der Waals surface area contributed by atoms with Crippen molar-refractivity contribution >= 4 is 16.6 Å². The molecule has 10 heteroatoms. The van der Waals surface area contributed by atoms with Crippen LogP contribution in [0.3, 0.4) is 0 Å². The molecule has 0 saturated carbocycles. The molecule has 1 aliphatic rings. The number of hydrogen-bond acceptors (Lipinski definition) is 7. The molecule has 1 aliphatic heterocycles. The summed E-state index contributed by atoms with van der Waals surface area (Å²) in [7, 11) is 2.92. The van der Waals surface area contributed by atoms with E-state index in [1.165, 1.54) is 24.9 Å². The van der Waals surface area contributed by atoms with Gasteiger partial charge in [-0.3, -0.25) is 9.59 Å². The smallest absolute Gasteiger partial charge is 0.274 e. The third kappa shape index (κ3) is 3.86. The van der Waals surface area contributed by atoms with Crippen LogP contribution in [0.1, 0.15) is 18.5 Å². The van der Waals surface area contributed by atoms with Crippen LogP contribution in [0, 0.1) is 5.82 Å². The SMILES string of the molecule is COc1cccc([C@@H](C)Nc2nn(C)c(=O)c3cc(=O)n(N4CCOCC4)cc23)c1F. The molecule has 1 fully saturated rings. The quantitative estimate of drug-likeness (QED) is 0.655. The number of halogens is 1. The van der Waals surface area contributed by atoms with Crippen molar-refractivity contribution < 1.29 is 13.9 Å². The van der Waals surface area contributed by atoms with Crippen molar-refractivity contribution in [3.8, 4) is 5.75 Å². The Balaban J connectivity index is 1.80. The summed E-state index contributed by atoms with van der Waals surface area (Å²) in [6, 6.07) is 5.75. The average molecular weight is 429 g/mol. The lowest BCUT2D eigenvalue weighted by molar-refractivity contribution is 0.111. The van der Waals surface area contributed by atoms with Gasteiger partial charge in [-0.05, 0) is 13.0 Å². The number of rotatable bonds is 5. The van der Waals surface area contributed by atoms with Gasteiger partial charge in [0.05, 0.1) is 50.2 Å². The second kappa shape index (κ2) is 8.38. The zero-order valence-corrected chi connectivity index (χ0v) is 17.6. The molecule has 31 heavy (non-hydrogen) atoms. The van der Waals surface area contributed by atoms with Crippen molar-refractivity contribution in [3.63, 3.8) is 0 Å². The number of ether oxygens (including phenoxy) is 2. The molecule has 0 radical (unpaired) electrons. The minimum absolute atomic E-state index is 0.144. The number of nitrogens with zero attached hydrogens (tertiary/aromatic N) is 4. The first-order valence-corrected chi connectivity index (χ1v) is 9.96. The molecule has 2 aromatic heterocycles. The minimum Gasteiger partial charge on any atom is -0.494 e. The molecule has 0 bridgehead atoms. The number of aryl methyl sites for hydroxylation is 1. The van der Waals surface area contributed by atoms with Gasteiger partial charge >= 0.3 is 0 Å². The standard InChI is InChI=1S/C21H24FN5O4/c1-13(14-5-4-6-17(30-3)19(14)22)23-20-16-12-27(26-7-9-31-10-8-26)18(28)11-15(16)21(29)25(2)24-20/h4-6,11-13H,7-10H2,1-3H3,(H,23,24)/t13-/m1/s1. The van der Waals surface area contributed by atoms with Gasteiger partial charge in [-0.25, -0.2) is 13.7 Å². The van der Waals surface area contributed by atoms with E-state index in [4.69, 9.17) is 9.47 Å². The largest absolute Gasteiger partial charge is 0.494 e. The maximum atomic E-state index is 14.7. The summed E-state index contributed by atoms with van der Waals surface area (Å²) in [5, 5.41) is 10.1. The Morgan fingerprint density at radius 1 is 1.23 bits per heavy atom. The highest BCUT2D eigenvalue weighted by Gasteiger charge is 2.20. The van der Waals surface area contributed by atoms with Crippen molar-refractivity contribution in [3.05, 3.63) is 62.6 Å². The van der Waals surface area contributed by atoms with Gasteiger partial charge in [-0.1, -0.05) is 12.1 Å². The van der Waals surface area contributed by atoms with Crippen LogP contribution in [0.25, 0.3) is 10.8 Å². The normalized spacial score (nSPS) is 15.2. The summed E-state index contributed by atoms with van der Waals surface area (Å²) >= 11 is 0. The number of hydrogen-bond donors (Lipinski definition) is 1. The molecular weight excluding hydrogens is 405 g/mol. The minimum atomic E-state index is -0.480. The number of morpholine rings is 1. The maximum Gasteiger partial charge on any atom is 0.274 e. The Bertz CT molecular complexity index is 1230. The number of aromatic nitrogens is 3. The lowest BCUT2D eigenvalue weighted by Gasteiger charge is -2.30. The van der Waals surface area contributed by atoms with E-state index in [-0.39, 0.29) is 22.3 Å². The van der Waals surface area contributed by atoms with Crippen molar-refractivity contribution in [2.45, 2.75) is 13.0 Å². The second-order valence-corrected chi connectivity index (χ2v) is 7.36. The Labute approximate surface area is 177 Å². The summed E-state index contributed by atoms with van der Waals surface area (Å²) in [5.74, 6) is 0.0452. The third-order valence-corrected chi connectivity index (χ3v) is 5.39. The molecule has 1 atom stereocenters. The summed E-state index contributed by atoms with van der Waals surface area (Å²) in [6.07, 6.45) is 1.61. The molecule has 0 amide bonds. The molecule has 3 heterocycles. The summed E-state index contributed by atoms with van der Waals surface area (Å²) in [6.45, 7) is 3.91. The summed E-state index contributed by atoms with van der Waals surface area (Å²) in [4.78, 5) is 25.3. The Morgan fingerprint density at radius 3 is 2.68 bits per heavy atom. The molecule has 9 nitrogen and oxygen atoms in total. The molecule has 4 rings (SSSR count). The molecule has 1 aromatic carbocycles. The van der Waals surface area contributed by atoms with Gasteiger partial charge in [0.2, 0.25) is 0 Å². The first-order valence-electron chi connectivity index (χ1n) is 9.96. The average Bonchev–Trinajstić information content (AvgIpc) is 2.77. The lowest BCUT2D eigenvalue weighted by atomic mass is 10.1. The number of pyridine rings is 1. The first kappa shape index (κ1) is 20.9. The molecule has 0 aliphatic carbocycles. The van der Waals surface area contributed by atoms with Crippen molar-refractivity contribution in [2.24, 2.45) is 7.05 Å². The number of fused-ring (bicyclic) bond motifs is 1. The van der Waals surface area contributed by atoms with Gasteiger partial charge < -0.3 is 19.8 Å². The Hall–Kier alpha value is -3.40. The molecule has 164 valence electrons. The van der Waals surface area contributed by atoms with E-state index in [0.29, 0.717) is 43.1 Å². The number of nitrogens with one attached hydrogen (secondary N) is 1. The van der Waals surface area contributed by atoms with E-state index in [1.807, 2.05) is 5.01 Å². The summed E-state index contributed by atoms with van der Waals surface area (Å²) in [5.41, 5.74) is -0.299. The second-order valence-electron chi connectivity index (χ2n) is 7.36. The van der Waals surface area contributed by atoms with Gasteiger partial charge in [0, 0.05) is 24.9 Å². The Morgan fingerprint density at radius 2 is 1.97 bits per heavy atom. The van der Waals surface area contributed by atoms with Crippen molar-refractivity contribution in [1.82, 2.24) is 14.5 Å². The van der Waals surface area contributed by atoms with E-state index >= 15 is 0 Å². The van der Waals surface area contributed by atoms with E-state index in [2.05, 4.69) is 10.4 Å². The zero-order valence-electron chi connectivity index (χ0n) is 17.6. The van der Waals surface area contributed by atoms with Crippen molar-refractivity contribution in [1.29, 1.82) is 0 Å². The molecule has 0 spiro atoms. The van der Waals surface area contributed by atoms with Crippen molar-refractivity contribution in [2.75, 3.05) is 43.7 Å². The van der Waals surface area contributed by atoms with Gasteiger partial charge in [0.1, 0.15) is 0 Å². The zero-order chi connectivity index (χ0) is 22.1. The monoisotopic (exact) mass is 429 g/mol. The molecule has 1 saturated heterocycles. The summed E-state index contributed by atoms with van der Waals surface area (Å²) < 4.78 is 27.8. The highest BCUT2D eigenvalue weighted by atomic mass is 19.1. The van der Waals surface area contributed by atoms with Crippen LogP contribution in [0.2, 0.25) is 0 Å². The van der Waals surface area contributed by atoms with Crippen LogP contribution < -0.4 is 26.2 Å². The van der Waals surface area contributed by atoms with Gasteiger partial charge in [-0.2, -0.15) is 5.10 Å². The topological polar surface area (TPSA) is 90.6 Å². The molecule has 1 N–H and O–H groups in total. The molecular formula is C21H24FN5O4. The van der Waals surface area contributed by atoms with Gasteiger partial charge in [0.25, 0.3) is 11.1 Å². The molecule has 0 unspecified atom stereocenters. The van der Waals surface area contributed by atoms with Crippen LogP contribution in [0.4, 0.5) is 10.2 Å². The van der Waals surface area contributed by atoms with Crippen LogP contribution >= 0.6 is 0 Å². The number of anilines is 1. The fraction of sp³-hybridized carbons (Fsp3) is 0.381. The maximum absolute atomic E-state index is 14.7.